The highest BCUT2D eigenvalue weighted by molar-refractivity contribution is 6.02. The summed E-state index contributed by atoms with van der Waals surface area (Å²) in [5.74, 6) is 0.298. The van der Waals surface area contributed by atoms with Gasteiger partial charge in [-0.2, -0.15) is 4.98 Å². The average molecular weight is 383 g/mol. The fourth-order valence-corrected chi connectivity index (χ4v) is 2.09. The highest BCUT2D eigenvalue weighted by Crippen LogP contribution is 2.18. The van der Waals surface area contributed by atoms with E-state index < -0.39 is 5.91 Å². The molecular formula is C18H17N5O5. The Morgan fingerprint density at radius 1 is 1.18 bits per heavy atom. The van der Waals surface area contributed by atoms with E-state index in [1.54, 1.807) is 42.5 Å². The van der Waals surface area contributed by atoms with E-state index in [2.05, 4.69) is 26.1 Å². The predicted molar refractivity (Wildman–Crippen MR) is 98.9 cm³/mol. The maximum atomic E-state index is 12.0. The molecule has 0 aliphatic carbocycles. The molecule has 3 rings (SSSR count). The molecule has 144 valence electrons. The van der Waals surface area contributed by atoms with Gasteiger partial charge in [-0.1, -0.05) is 6.07 Å². The molecule has 0 atom stereocenters. The zero-order valence-electron chi connectivity index (χ0n) is 14.8. The molecule has 1 aromatic carbocycles. The topological polar surface area (TPSA) is 128 Å². The summed E-state index contributed by atoms with van der Waals surface area (Å²) in [6, 6.07) is 11.4. The molecular weight excluding hydrogens is 366 g/mol. The van der Waals surface area contributed by atoms with Crippen LogP contribution in [-0.2, 0) is 4.79 Å². The Kier molecular flexibility index (Phi) is 6.03. The lowest BCUT2D eigenvalue weighted by Gasteiger charge is -2.10. The van der Waals surface area contributed by atoms with Crippen molar-refractivity contribution >= 4 is 23.5 Å². The minimum Gasteiger partial charge on any atom is -0.484 e. The number of hydrazine groups is 1. The first-order chi connectivity index (χ1) is 13.6. The number of nitrogens with zero attached hydrogens (tertiary/aromatic N) is 2. The standard InChI is InChI=1S/C18H17N5O5/c1-26-16-7-8-19-18(21-16)23-22-15(24)11-28-13-5-2-4-12(10-13)20-17(25)14-6-3-9-27-14/h2-10H,11H2,1H3,(H,20,25)(H,22,24)(H,19,21,23). The van der Waals surface area contributed by atoms with E-state index in [-0.39, 0.29) is 24.2 Å². The Hall–Kier alpha value is -4.08. The van der Waals surface area contributed by atoms with E-state index in [9.17, 15) is 9.59 Å². The Bertz CT molecular complexity index is 945. The largest absolute Gasteiger partial charge is 0.484 e. The lowest BCUT2D eigenvalue weighted by atomic mass is 10.3. The van der Waals surface area contributed by atoms with Crippen LogP contribution in [0.15, 0.2) is 59.3 Å². The van der Waals surface area contributed by atoms with Crippen molar-refractivity contribution in [2.24, 2.45) is 0 Å². The monoisotopic (exact) mass is 383 g/mol. The molecule has 2 heterocycles. The molecule has 0 saturated carbocycles. The summed E-state index contributed by atoms with van der Waals surface area (Å²) in [6.45, 7) is -0.257. The van der Waals surface area contributed by atoms with E-state index in [0.717, 1.165) is 0 Å². The number of carbonyl (C=O) groups excluding carboxylic acids is 2. The van der Waals surface area contributed by atoms with Gasteiger partial charge in [-0.25, -0.2) is 4.98 Å². The average Bonchev–Trinajstić information content (AvgIpc) is 3.26. The fourth-order valence-electron chi connectivity index (χ4n) is 2.09. The number of amides is 2. The SMILES string of the molecule is COc1ccnc(NNC(=O)COc2cccc(NC(=O)c3ccco3)c2)n1. The zero-order chi connectivity index (χ0) is 19.8. The second-order valence-electron chi connectivity index (χ2n) is 5.34. The number of rotatable bonds is 8. The summed E-state index contributed by atoms with van der Waals surface area (Å²) in [7, 11) is 1.48. The molecule has 0 spiro atoms. The van der Waals surface area contributed by atoms with Gasteiger partial charge in [-0.3, -0.25) is 20.4 Å². The molecule has 0 radical (unpaired) electrons. The molecule has 0 saturated heterocycles. The van der Waals surface area contributed by atoms with Crippen LogP contribution >= 0.6 is 0 Å². The third-order valence-electron chi connectivity index (χ3n) is 3.36. The van der Waals surface area contributed by atoms with Crippen molar-refractivity contribution in [1.29, 1.82) is 0 Å². The second kappa shape index (κ2) is 9.03. The smallest absolute Gasteiger partial charge is 0.291 e. The third-order valence-corrected chi connectivity index (χ3v) is 3.36. The third kappa shape index (κ3) is 5.21. The molecule has 2 aromatic heterocycles. The maximum absolute atomic E-state index is 12.0. The fraction of sp³-hybridized carbons (Fsp3) is 0.111. The van der Waals surface area contributed by atoms with E-state index in [0.29, 0.717) is 17.3 Å². The number of benzene rings is 1. The van der Waals surface area contributed by atoms with Gasteiger partial charge in [0.2, 0.25) is 11.8 Å². The normalized spacial score (nSPS) is 10.0. The van der Waals surface area contributed by atoms with Crippen LogP contribution in [0.3, 0.4) is 0 Å². The molecule has 3 N–H and O–H groups in total. The number of furan rings is 1. The van der Waals surface area contributed by atoms with Gasteiger partial charge >= 0.3 is 0 Å². The van der Waals surface area contributed by atoms with Crippen molar-refractivity contribution in [3.8, 4) is 11.6 Å². The summed E-state index contributed by atoms with van der Waals surface area (Å²) >= 11 is 0. The van der Waals surface area contributed by atoms with Crippen molar-refractivity contribution in [3.63, 3.8) is 0 Å². The van der Waals surface area contributed by atoms with Gasteiger partial charge in [-0.15, -0.1) is 0 Å². The number of nitrogens with one attached hydrogen (secondary N) is 3. The Balaban J connectivity index is 1.48. The van der Waals surface area contributed by atoms with Gasteiger partial charge in [-0.05, 0) is 24.3 Å². The summed E-state index contributed by atoms with van der Waals surface area (Å²) in [6.07, 6.45) is 2.90. The summed E-state index contributed by atoms with van der Waals surface area (Å²) in [4.78, 5) is 31.8. The summed E-state index contributed by atoms with van der Waals surface area (Å²) in [5.41, 5.74) is 5.47. The van der Waals surface area contributed by atoms with Gasteiger partial charge in [0.25, 0.3) is 11.8 Å². The van der Waals surface area contributed by atoms with Gasteiger partial charge < -0.3 is 19.2 Å². The predicted octanol–water partition coefficient (Wildman–Crippen LogP) is 1.85. The Morgan fingerprint density at radius 3 is 2.86 bits per heavy atom. The van der Waals surface area contributed by atoms with Gasteiger partial charge in [0, 0.05) is 24.0 Å². The first kappa shape index (κ1) is 18.7. The number of hydrogen-bond acceptors (Lipinski definition) is 8. The molecule has 0 aliphatic heterocycles. The second-order valence-corrected chi connectivity index (χ2v) is 5.34. The molecule has 0 bridgehead atoms. The van der Waals surface area contributed by atoms with Crippen LogP contribution in [0.25, 0.3) is 0 Å². The number of hydrogen-bond donors (Lipinski definition) is 3. The van der Waals surface area contributed by atoms with Crippen LogP contribution in [0.4, 0.5) is 11.6 Å². The first-order valence-electron chi connectivity index (χ1n) is 8.13. The first-order valence-corrected chi connectivity index (χ1v) is 8.13. The van der Waals surface area contributed by atoms with E-state index in [4.69, 9.17) is 13.9 Å². The molecule has 2 amide bonds. The van der Waals surface area contributed by atoms with E-state index in [1.165, 1.54) is 19.6 Å². The molecule has 10 nitrogen and oxygen atoms in total. The van der Waals surface area contributed by atoms with Gasteiger partial charge in [0.15, 0.2) is 12.4 Å². The molecule has 28 heavy (non-hydrogen) atoms. The lowest BCUT2D eigenvalue weighted by Crippen LogP contribution is -2.34. The van der Waals surface area contributed by atoms with Crippen LogP contribution < -0.4 is 25.6 Å². The summed E-state index contributed by atoms with van der Waals surface area (Å²) in [5, 5.41) is 2.68. The minimum absolute atomic E-state index is 0.176. The zero-order valence-corrected chi connectivity index (χ0v) is 14.8. The van der Waals surface area contributed by atoms with Crippen molar-refractivity contribution in [2.45, 2.75) is 0 Å². The van der Waals surface area contributed by atoms with Crippen LogP contribution in [-0.4, -0.2) is 35.5 Å². The number of aromatic nitrogens is 2. The van der Waals surface area contributed by atoms with Crippen LogP contribution in [0.5, 0.6) is 11.6 Å². The number of methoxy groups -OCH3 is 1. The van der Waals surface area contributed by atoms with Crippen molar-refractivity contribution in [1.82, 2.24) is 15.4 Å². The van der Waals surface area contributed by atoms with Crippen LogP contribution in [0, 0.1) is 0 Å². The van der Waals surface area contributed by atoms with Crippen LogP contribution in [0.1, 0.15) is 10.6 Å². The van der Waals surface area contributed by atoms with Crippen LogP contribution in [0.2, 0.25) is 0 Å². The highest BCUT2D eigenvalue weighted by Gasteiger charge is 2.10. The van der Waals surface area contributed by atoms with Gasteiger partial charge in [0.05, 0.1) is 13.4 Å². The van der Waals surface area contributed by atoms with Crippen molar-refractivity contribution in [2.75, 3.05) is 24.5 Å². The molecule has 10 heteroatoms. The van der Waals surface area contributed by atoms with Gasteiger partial charge in [0.1, 0.15) is 5.75 Å². The highest BCUT2D eigenvalue weighted by atomic mass is 16.5. The summed E-state index contributed by atoms with van der Waals surface area (Å²) < 4.78 is 15.4. The molecule has 0 aliphatic rings. The van der Waals surface area contributed by atoms with Crippen molar-refractivity contribution < 1.29 is 23.5 Å². The quantitative estimate of drug-likeness (QED) is 0.503. The lowest BCUT2D eigenvalue weighted by molar-refractivity contribution is -0.122. The number of carbonyl (C=O) groups is 2. The maximum Gasteiger partial charge on any atom is 0.291 e. The number of anilines is 2. The van der Waals surface area contributed by atoms with E-state index in [1.807, 2.05) is 0 Å². The molecule has 0 fully saturated rings. The van der Waals surface area contributed by atoms with Crippen molar-refractivity contribution in [3.05, 3.63) is 60.7 Å². The Labute approximate surface area is 159 Å². The van der Waals surface area contributed by atoms with E-state index >= 15 is 0 Å². The molecule has 0 unspecified atom stereocenters. The minimum atomic E-state index is -0.448. The number of ether oxygens (including phenoxy) is 2. The molecule has 3 aromatic rings. The Morgan fingerprint density at radius 2 is 2.07 bits per heavy atom.